The molecule has 1 N–H and O–H groups in total. The zero-order valence-electron chi connectivity index (χ0n) is 16.5. The molecule has 0 bridgehead atoms. The van der Waals surface area contributed by atoms with Crippen molar-refractivity contribution < 1.29 is 0 Å². The molecule has 1 aliphatic carbocycles. The van der Waals surface area contributed by atoms with Crippen molar-refractivity contribution in [1.82, 2.24) is 14.5 Å². The molecule has 0 fully saturated rings. The number of nitrogens with one attached hydrogen (secondary N) is 1. The molecule has 0 unspecified atom stereocenters. The second-order valence-electron chi connectivity index (χ2n) is 7.98. The first-order valence-corrected chi connectivity index (χ1v) is 11.3. The first-order valence-electron chi connectivity index (χ1n) is 10.4. The van der Waals surface area contributed by atoms with Crippen LogP contribution >= 0.6 is 11.3 Å². The summed E-state index contributed by atoms with van der Waals surface area (Å²) >= 11 is 1.70. The van der Waals surface area contributed by atoms with Gasteiger partial charge < -0.3 is 9.55 Å². The van der Waals surface area contributed by atoms with E-state index in [9.17, 15) is 4.79 Å². The lowest BCUT2D eigenvalue weighted by molar-refractivity contribution is 0.700. The van der Waals surface area contributed by atoms with E-state index < -0.39 is 0 Å². The fraction of sp³-hybridized carbons (Fsp3) is 0.200. The lowest BCUT2D eigenvalue weighted by atomic mass is 9.97. The summed E-state index contributed by atoms with van der Waals surface area (Å²) in [5.41, 5.74) is 4.59. The van der Waals surface area contributed by atoms with E-state index in [-0.39, 0.29) is 5.56 Å². The van der Waals surface area contributed by atoms with Gasteiger partial charge in [0.15, 0.2) is 0 Å². The maximum atomic E-state index is 13.0. The van der Waals surface area contributed by atoms with Crippen LogP contribution in [0.1, 0.15) is 28.8 Å². The summed E-state index contributed by atoms with van der Waals surface area (Å²) in [5, 5.41) is 1.92. The number of nitrogens with zero attached hydrogens (tertiary/aromatic N) is 2. The van der Waals surface area contributed by atoms with E-state index in [0.29, 0.717) is 5.82 Å². The molecule has 3 aromatic heterocycles. The number of hydrogen-bond donors (Lipinski definition) is 1. The number of para-hydroxylation sites is 1. The summed E-state index contributed by atoms with van der Waals surface area (Å²) in [4.78, 5) is 23.3. The Morgan fingerprint density at radius 1 is 1.00 bits per heavy atom. The molecule has 148 valence electrons. The predicted molar refractivity (Wildman–Crippen MR) is 123 cm³/mol. The monoisotopic (exact) mass is 411 g/mol. The van der Waals surface area contributed by atoms with Gasteiger partial charge in [-0.3, -0.25) is 4.79 Å². The summed E-state index contributed by atoms with van der Waals surface area (Å²) in [7, 11) is 0. The van der Waals surface area contributed by atoms with Crippen LogP contribution in [-0.2, 0) is 19.4 Å². The standard InChI is InChI=1S/C25H21N3OS/c29-24-22-18-11-5-7-13-21(18)30-25(22)27-23(26-24)19-15-28(14-16-8-2-1-3-9-16)20-12-6-4-10-17(19)20/h1-4,6,8-10,12,15H,5,7,11,13-14H2,(H,26,27,29). The van der Waals surface area contributed by atoms with E-state index in [2.05, 4.69) is 58.2 Å². The second kappa shape index (κ2) is 6.96. The molecule has 4 nitrogen and oxygen atoms in total. The summed E-state index contributed by atoms with van der Waals surface area (Å²) < 4.78 is 2.24. The van der Waals surface area contributed by atoms with E-state index in [1.165, 1.54) is 22.4 Å². The van der Waals surface area contributed by atoms with Crippen LogP contribution in [0.4, 0.5) is 0 Å². The van der Waals surface area contributed by atoms with Crippen LogP contribution < -0.4 is 5.56 Å². The van der Waals surface area contributed by atoms with Gasteiger partial charge in [0, 0.05) is 34.1 Å². The summed E-state index contributed by atoms with van der Waals surface area (Å²) in [6.07, 6.45) is 6.55. The molecule has 0 radical (unpaired) electrons. The number of H-pyrrole nitrogens is 1. The molecule has 0 amide bonds. The number of hydrogen-bond acceptors (Lipinski definition) is 3. The molecule has 3 heterocycles. The Bertz CT molecular complexity index is 1440. The average molecular weight is 412 g/mol. The van der Waals surface area contributed by atoms with Crippen LogP contribution in [0.25, 0.3) is 32.5 Å². The topological polar surface area (TPSA) is 50.7 Å². The molecule has 0 atom stereocenters. The van der Waals surface area contributed by atoms with Crippen LogP contribution in [0.2, 0.25) is 0 Å². The minimum Gasteiger partial charge on any atom is -0.342 e. The van der Waals surface area contributed by atoms with Crippen molar-refractivity contribution in [2.45, 2.75) is 32.2 Å². The summed E-state index contributed by atoms with van der Waals surface area (Å²) in [6.45, 7) is 0.779. The molecule has 5 heteroatoms. The Balaban J connectivity index is 1.53. The maximum Gasteiger partial charge on any atom is 0.260 e. The van der Waals surface area contributed by atoms with Gasteiger partial charge >= 0.3 is 0 Å². The first kappa shape index (κ1) is 17.7. The third kappa shape index (κ3) is 2.81. The minimum absolute atomic E-state index is 0.00529. The molecule has 30 heavy (non-hydrogen) atoms. The molecule has 1 aliphatic rings. The molecule has 6 rings (SSSR count). The largest absolute Gasteiger partial charge is 0.342 e. The summed E-state index contributed by atoms with van der Waals surface area (Å²) in [6, 6.07) is 18.8. The van der Waals surface area contributed by atoms with Crippen LogP contribution in [-0.4, -0.2) is 14.5 Å². The molecule has 0 spiro atoms. The Labute approximate surface area is 177 Å². The van der Waals surface area contributed by atoms with Crippen LogP contribution in [0.5, 0.6) is 0 Å². The second-order valence-corrected chi connectivity index (χ2v) is 9.06. The van der Waals surface area contributed by atoms with Crippen molar-refractivity contribution in [3.8, 4) is 11.4 Å². The Morgan fingerprint density at radius 3 is 2.70 bits per heavy atom. The molecular weight excluding hydrogens is 390 g/mol. The third-order valence-electron chi connectivity index (χ3n) is 6.06. The van der Waals surface area contributed by atoms with Gasteiger partial charge in [-0.25, -0.2) is 4.98 Å². The maximum absolute atomic E-state index is 13.0. The van der Waals surface area contributed by atoms with Gasteiger partial charge in [0.2, 0.25) is 0 Å². The zero-order valence-corrected chi connectivity index (χ0v) is 17.3. The molecule has 0 saturated heterocycles. The van der Waals surface area contributed by atoms with Crippen molar-refractivity contribution in [2.24, 2.45) is 0 Å². The van der Waals surface area contributed by atoms with E-state index in [1.54, 1.807) is 11.3 Å². The van der Waals surface area contributed by atoms with Gasteiger partial charge in [0.1, 0.15) is 10.7 Å². The highest BCUT2D eigenvalue weighted by Crippen LogP contribution is 2.35. The fourth-order valence-corrected chi connectivity index (χ4v) is 5.90. The summed E-state index contributed by atoms with van der Waals surface area (Å²) in [5.74, 6) is 0.661. The highest BCUT2D eigenvalue weighted by Gasteiger charge is 2.21. The number of rotatable bonds is 3. The van der Waals surface area contributed by atoms with Crippen molar-refractivity contribution in [2.75, 3.05) is 0 Å². The predicted octanol–water partition coefficient (Wildman–Crippen LogP) is 5.53. The molecule has 2 aromatic carbocycles. The Morgan fingerprint density at radius 2 is 1.80 bits per heavy atom. The quantitative estimate of drug-likeness (QED) is 0.424. The number of aromatic amines is 1. The number of aromatic nitrogens is 3. The van der Waals surface area contributed by atoms with Crippen molar-refractivity contribution in [1.29, 1.82) is 0 Å². The first-order chi connectivity index (χ1) is 14.8. The van der Waals surface area contributed by atoms with Gasteiger partial charge in [-0.05, 0) is 42.9 Å². The van der Waals surface area contributed by atoms with Crippen molar-refractivity contribution >= 4 is 32.5 Å². The van der Waals surface area contributed by atoms with Gasteiger partial charge in [-0.15, -0.1) is 11.3 Å². The molecule has 0 aliphatic heterocycles. The van der Waals surface area contributed by atoms with Crippen LogP contribution in [0.15, 0.2) is 65.6 Å². The number of aryl methyl sites for hydroxylation is 2. The van der Waals surface area contributed by atoms with E-state index in [4.69, 9.17) is 4.98 Å². The van der Waals surface area contributed by atoms with Gasteiger partial charge in [-0.2, -0.15) is 0 Å². The lowest BCUT2D eigenvalue weighted by Gasteiger charge is -2.09. The Kier molecular flexibility index (Phi) is 4.09. The van der Waals surface area contributed by atoms with Crippen LogP contribution in [0.3, 0.4) is 0 Å². The number of benzene rings is 2. The van der Waals surface area contributed by atoms with Gasteiger partial charge in [-0.1, -0.05) is 48.5 Å². The highest BCUT2D eigenvalue weighted by molar-refractivity contribution is 7.18. The SMILES string of the molecule is O=c1[nH]c(-c2cn(Cc3ccccc3)c3ccccc23)nc2sc3c(c12)CCCC3. The van der Waals surface area contributed by atoms with E-state index in [1.807, 2.05) is 12.1 Å². The lowest BCUT2D eigenvalue weighted by Crippen LogP contribution is -2.11. The molecule has 0 saturated carbocycles. The van der Waals surface area contributed by atoms with Crippen LogP contribution in [0, 0.1) is 0 Å². The fourth-order valence-electron chi connectivity index (χ4n) is 4.64. The average Bonchev–Trinajstić information content (AvgIpc) is 3.33. The highest BCUT2D eigenvalue weighted by atomic mass is 32.1. The Hall–Kier alpha value is -3.18. The van der Waals surface area contributed by atoms with E-state index >= 15 is 0 Å². The molecule has 5 aromatic rings. The normalized spacial score (nSPS) is 13.7. The minimum atomic E-state index is -0.00529. The smallest absolute Gasteiger partial charge is 0.260 e. The van der Waals surface area contributed by atoms with Gasteiger partial charge in [0.05, 0.1) is 5.39 Å². The van der Waals surface area contributed by atoms with Crippen molar-refractivity contribution in [3.05, 3.63) is 87.2 Å². The van der Waals surface area contributed by atoms with Crippen molar-refractivity contribution in [3.63, 3.8) is 0 Å². The number of thiophene rings is 1. The molecular formula is C25H21N3OS. The van der Waals surface area contributed by atoms with E-state index in [0.717, 1.165) is 52.5 Å². The number of fused-ring (bicyclic) bond motifs is 4. The van der Waals surface area contributed by atoms with Gasteiger partial charge in [0.25, 0.3) is 5.56 Å². The zero-order chi connectivity index (χ0) is 20.1. The third-order valence-corrected chi connectivity index (χ3v) is 7.25.